The van der Waals surface area contributed by atoms with Gasteiger partial charge in [0.15, 0.2) is 0 Å². The second kappa shape index (κ2) is 6.24. The molecule has 0 saturated carbocycles. The van der Waals surface area contributed by atoms with Crippen molar-refractivity contribution >= 4 is 22.5 Å². The van der Waals surface area contributed by atoms with E-state index in [1.807, 2.05) is 12.1 Å². The molecule has 0 fully saturated rings. The molecule has 3 rings (SSSR count). The van der Waals surface area contributed by atoms with Gasteiger partial charge in [0.05, 0.1) is 19.0 Å². The fraction of sp³-hybridized carbons (Fsp3) is 0.300. The molecule has 0 aliphatic rings. The summed E-state index contributed by atoms with van der Waals surface area (Å²) in [5.41, 5.74) is 3.53. The van der Waals surface area contributed by atoms with Crippen molar-refractivity contribution in [2.24, 2.45) is 0 Å². The number of nitrogens with one attached hydrogen (secondary N) is 1. The maximum atomic E-state index is 12.8. The highest BCUT2D eigenvalue weighted by Crippen LogP contribution is 2.27. The first-order valence-corrected chi connectivity index (χ1v) is 8.21. The Morgan fingerprint density at radius 2 is 1.92 bits per heavy atom. The number of pyridine rings is 1. The fourth-order valence-electron chi connectivity index (χ4n) is 2.70. The monoisotopic (exact) mass is 337 g/mol. The third-order valence-corrected chi connectivity index (χ3v) is 4.34. The smallest absolute Gasteiger partial charge is 0.274 e. The van der Waals surface area contributed by atoms with Crippen LogP contribution < -0.4 is 9.64 Å². The number of benzene rings is 1. The summed E-state index contributed by atoms with van der Waals surface area (Å²) in [7, 11) is 3.30. The molecular formula is C20H23N3O2. The number of carbonyl (C=O) groups excluding carboxylic acids is 1. The minimum Gasteiger partial charge on any atom is -0.481 e. The van der Waals surface area contributed by atoms with Gasteiger partial charge in [-0.1, -0.05) is 32.9 Å². The Kier molecular flexibility index (Phi) is 4.25. The van der Waals surface area contributed by atoms with Crippen LogP contribution in [-0.4, -0.2) is 30.0 Å². The maximum Gasteiger partial charge on any atom is 0.274 e. The van der Waals surface area contributed by atoms with E-state index in [1.165, 1.54) is 5.56 Å². The van der Waals surface area contributed by atoms with Gasteiger partial charge in [0.1, 0.15) is 5.69 Å². The summed E-state index contributed by atoms with van der Waals surface area (Å²) < 4.78 is 5.05. The topological polar surface area (TPSA) is 58.2 Å². The largest absolute Gasteiger partial charge is 0.481 e. The van der Waals surface area contributed by atoms with E-state index < -0.39 is 0 Å². The zero-order valence-electron chi connectivity index (χ0n) is 15.3. The number of rotatable bonds is 3. The molecule has 1 N–H and O–H groups in total. The van der Waals surface area contributed by atoms with Crippen molar-refractivity contribution in [2.75, 3.05) is 19.1 Å². The van der Waals surface area contributed by atoms with Crippen LogP contribution in [0.3, 0.4) is 0 Å². The van der Waals surface area contributed by atoms with Crippen LogP contribution in [-0.2, 0) is 5.41 Å². The van der Waals surface area contributed by atoms with Gasteiger partial charge in [-0.2, -0.15) is 0 Å². The standard InChI is InChI=1S/C20H23N3O2/c1-20(2,3)14-7-6-13-10-17(22-16(13)11-14)19(24)23(4)15-8-9-18(25-5)21-12-15/h6-12,22H,1-5H3. The van der Waals surface area contributed by atoms with Crippen LogP contribution in [0, 0.1) is 0 Å². The number of fused-ring (bicyclic) bond motifs is 1. The molecule has 5 nitrogen and oxygen atoms in total. The van der Waals surface area contributed by atoms with Gasteiger partial charge >= 0.3 is 0 Å². The number of methoxy groups -OCH3 is 1. The van der Waals surface area contributed by atoms with E-state index in [0.717, 1.165) is 10.9 Å². The molecule has 0 bridgehead atoms. The number of anilines is 1. The van der Waals surface area contributed by atoms with Crippen molar-refractivity contribution in [1.29, 1.82) is 0 Å². The van der Waals surface area contributed by atoms with E-state index in [4.69, 9.17) is 4.74 Å². The van der Waals surface area contributed by atoms with Crippen LogP contribution in [0.4, 0.5) is 5.69 Å². The number of aromatic nitrogens is 2. The van der Waals surface area contributed by atoms with Gasteiger partial charge in [-0.15, -0.1) is 0 Å². The Hall–Kier alpha value is -2.82. The van der Waals surface area contributed by atoms with Crippen molar-refractivity contribution < 1.29 is 9.53 Å². The van der Waals surface area contributed by atoms with Gasteiger partial charge in [-0.3, -0.25) is 4.79 Å². The Bertz CT molecular complexity index is 905. The molecule has 1 aromatic carbocycles. The number of carbonyl (C=O) groups is 1. The second-order valence-electron chi connectivity index (χ2n) is 7.16. The lowest BCUT2D eigenvalue weighted by Gasteiger charge is -2.18. The lowest BCUT2D eigenvalue weighted by molar-refractivity contribution is 0.0989. The minimum atomic E-state index is -0.111. The Labute approximate surface area is 147 Å². The van der Waals surface area contributed by atoms with Crippen molar-refractivity contribution in [3.05, 3.63) is 53.9 Å². The Morgan fingerprint density at radius 3 is 2.52 bits per heavy atom. The van der Waals surface area contributed by atoms with E-state index in [-0.39, 0.29) is 11.3 Å². The Morgan fingerprint density at radius 1 is 1.16 bits per heavy atom. The van der Waals surface area contributed by atoms with Crippen molar-refractivity contribution in [2.45, 2.75) is 26.2 Å². The van der Waals surface area contributed by atoms with Crippen molar-refractivity contribution in [1.82, 2.24) is 9.97 Å². The number of H-pyrrole nitrogens is 1. The molecule has 130 valence electrons. The van der Waals surface area contributed by atoms with Crippen LogP contribution in [0.1, 0.15) is 36.8 Å². The zero-order valence-corrected chi connectivity index (χ0v) is 15.3. The summed E-state index contributed by atoms with van der Waals surface area (Å²) in [5, 5.41) is 1.03. The fourth-order valence-corrected chi connectivity index (χ4v) is 2.70. The zero-order chi connectivity index (χ0) is 18.2. The summed E-state index contributed by atoms with van der Waals surface area (Å²) in [6, 6.07) is 11.7. The summed E-state index contributed by atoms with van der Waals surface area (Å²) in [4.78, 5) is 21.8. The van der Waals surface area contributed by atoms with E-state index >= 15 is 0 Å². The molecule has 2 aromatic heterocycles. The van der Waals surface area contributed by atoms with Crippen molar-refractivity contribution in [3.8, 4) is 5.88 Å². The lowest BCUT2D eigenvalue weighted by Crippen LogP contribution is -2.26. The molecule has 5 heteroatoms. The van der Waals surface area contributed by atoms with Crippen LogP contribution in [0.5, 0.6) is 5.88 Å². The molecule has 0 atom stereocenters. The second-order valence-corrected chi connectivity index (χ2v) is 7.16. The van der Waals surface area contributed by atoms with Crippen LogP contribution in [0.2, 0.25) is 0 Å². The SMILES string of the molecule is COc1ccc(N(C)C(=O)c2cc3ccc(C(C)(C)C)cc3[nH]2)cn1. The molecule has 0 radical (unpaired) electrons. The number of hydrogen-bond donors (Lipinski definition) is 1. The highest BCUT2D eigenvalue weighted by molar-refractivity contribution is 6.07. The lowest BCUT2D eigenvalue weighted by atomic mass is 9.87. The molecule has 0 unspecified atom stereocenters. The Balaban J connectivity index is 1.90. The first-order chi connectivity index (χ1) is 11.8. The van der Waals surface area contributed by atoms with Crippen LogP contribution in [0.25, 0.3) is 10.9 Å². The summed E-state index contributed by atoms with van der Waals surface area (Å²) in [6.45, 7) is 6.52. The van der Waals surface area contributed by atoms with E-state index in [9.17, 15) is 4.79 Å². The predicted octanol–water partition coefficient (Wildman–Crippen LogP) is 4.15. The third-order valence-electron chi connectivity index (χ3n) is 4.34. The normalized spacial score (nSPS) is 11.6. The average molecular weight is 337 g/mol. The van der Waals surface area contributed by atoms with Crippen LogP contribution >= 0.6 is 0 Å². The molecular weight excluding hydrogens is 314 g/mol. The summed E-state index contributed by atoms with van der Waals surface area (Å²) >= 11 is 0. The predicted molar refractivity (Wildman–Crippen MR) is 101 cm³/mol. The highest BCUT2D eigenvalue weighted by Gasteiger charge is 2.18. The molecule has 3 aromatic rings. The maximum absolute atomic E-state index is 12.8. The number of amides is 1. The van der Waals surface area contributed by atoms with E-state index in [2.05, 4.69) is 48.9 Å². The number of hydrogen-bond acceptors (Lipinski definition) is 3. The number of nitrogens with zero attached hydrogens (tertiary/aromatic N) is 2. The molecule has 0 spiro atoms. The molecule has 0 aliphatic heterocycles. The number of aromatic amines is 1. The molecule has 1 amide bonds. The van der Waals surface area contributed by atoms with Gasteiger partial charge in [-0.25, -0.2) is 4.98 Å². The van der Waals surface area contributed by atoms with Gasteiger partial charge in [0, 0.05) is 24.0 Å². The first kappa shape index (κ1) is 17.0. The quantitative estimate of drug-likeness (QED) is 0.781. The first-order valence-electron chi connectivity index (χ1n) is 8.21. The van der Waals surface area contributed by atoms with E-state index in [0.29, 0.717) is 17.3 Å². The molecule has 25 heavy (non-hydrogen) atoms. The molecule has 2 heterocycles. The number of ether oxygens (including phenoxy) is 1. The van der Waals surface area contributed by atoms with E-state index in [1.54, 1.807) is 31.3 Å². The summed E-state index contributed by atoms with van der Waals surface area (Å²) in [5.74, 6) is 0.408. The van der Waals surface area contributed by atoms with Gasteiger partial charge < -0.3 is 14.6 Å². The summed E-state index contributed by atoms with van der Waals surface area (Å²) in [6.07, 6.45) is 1.62. The molecule has 0 saturated heterocycles. The van der Waals surface area contributed by atoms with Crippen molar-refractivity contribution in [3.63, 3.8) is 0 Å². The molecule has 0 aliphatic carbocycles. The minimum absolute atomic E-state index is 0.0645. The highest BCUT2D eigenvalue weighted by atomic mass is 16.5. The van der Waals surface area contributed by atoms with Gasteiger partial charge in [-0.05, 0) is 29.2 Å². The average Bonchev–Trinajstić information content (AvgIpc) is 3.03. The van der Waals surface area contributed by atoms with Gasteiger partial charge in [0.2, 0.25) is 5.88 Å². The van der Waals surface area contributed by atoms with Crippen LogP contribution in [0.15, 0.2) is 42.6 Å². The third kappa shape index (κ3) is 3.36. The van der Waals surface area contributed by atoms with Gasteiger partial charge in [0.25, 0.3) is 5.91 Å².